The Hall–Kier alpha value is -2.37. The van der Waals surface area contributed by atoms with E-state index in [-0.39, 0.29) is 34.9 Å². The molecular weight excluding hydrogens is 260 g/mol. The lowest BCUT2D eigenvalue weighted by Gasteiger charge is -2.30. The molecule has 1 aromatic rings. The molecule has 1 heterocycles. The number of aromatic carboxylic acids is 1. The SMILES string of the molecule is Nc1ccc(C(=O)O)c(N2C(=O)C3CCC(C3)C2=O)c1. The number of nitrogens with zero attached hydrogens (tertiary/aromatic N) is 1. The van der Waals surface area contributed by atoms with E-state index in [0.29, 0.717) is 24.9 Å². The predicted molar refractivity (Wildman–Crippen MR) is 71.1 cm³/mol. The fourth-order valence-electron chi connectivity index (χ4n) is 3.06. The summed E-state index contributed by atoms with van der Waals surface area (Å²) < 4.78 is 0. The first-order valence-electron chi connectivity index (χ1n) is 6.49. The molecule has 0 radical (unpaired) electrons. The molecule has 2 fully saturated rings. The Bertz CT molecular complexity index is 604. The van der Waals surface area contributed by atoms with Crippen molar-refractivity contribution in [1.29, 1.82) is 0 Å². The number of carboxylic acid groups (broad SMARTS) is 1. The van der Waals surface area contributed by atoms with Crippen LogP contribution in [0.1, 0.15) is 29.6 Å². The summed E-state index contributed by atoms with van der Waals surface area (Å²) in [6.07, 6.45) is 1.96. The maximum atomic E-state index is 12.4. The molecule has 0 spiro atoms. The number of anilines is 2. The first kappa shape index (κ1) is 12.7. The molecule has 1 aromatic carbocycles. The Labute approximate surface area is 115 Å². The second-order valence-corrected chi connectivity index (χ2v) is 5.30. The van der Waals surface area contributed by atoms with Gasteiger partial charge in [0.1, 0.15) is 0 Å². The minimum Gasteiger partial charge on any atom is -0.478 e. The van der Waals surface area contributed by atoms with Gasteiger partial charge in [-0.1, -0.05) is 0 Å². The maximum absolute atomic E-state index is 12.4. The molecule has 104 valence electrons. The molecule has 2 atom stereocenters. The van der Waals surface area contributed by atoms with E-state index in [9.17, 15) is 19.5 Å². The Morgan fingerprint density at radius 1 is 1.20 bits per heavy atom. The van der Waals surface area contributed by atoms with Gasteiger partial charge < -0.3 is 10.8 Å². The van der Waals surface area contributed by atoms with E-state index in [2.05, 4.69) is 0 Å². The Morgan fingerprint density at radius 3 is 2.35 bits per heavy atom. The minimum atomic E-state index is -1.18. The van der Waals surface area contributed by atoms with E-state index in [0.717, 1.165) is 4.90 Å². The second kappa shape index (κ2) is 4.33. The molecule has 1 aliphatic carbocycles. The number of nitrogen functional groups attached to an aromatic ring is 1. The summed E-state index contributed by atoms with van der Waals surface area (Å²) in [6, 6.07) is 4.15. The molecular formula is C14H14N2O4. The number of carbonyl (C=O) groups excluding carboxylic acids is 2. The molecule has 1 aliphatic heterocycles. The fraction of sp³-hybridized carbons (Fsp3) is 0.357. The largest absolute Gasteiger partial charge is 0.478 e. The first-order chi connectivity index (χ1) is 9.49. The molecule has 1 saturated heterocycles. The van der Waals surface area contributed by atoms with Gasteiger partial charge in [0.15, 0.2) is 0 Å². The molecule has 20 heavy (non-hydrogen) atoms. The topological polar surface area (TPSA) is 101 Å². The van der Waals surface area contributed by atoms with Crippen LogP contribution in [0.25, 0.3) is 0 Å². The van der Waals surface area contributed by atoms with Crippen molar-refractivity contribution >= 4 is 29.2 Å². The van der Waals surface area contributed by atoms with Crippen molar-refractivity contribution in [3.63, 3.8) is 0 Å². The lowest BCUT2D eigenvalue weighted by atomic mass is 9.95. The van der Waals surface area contributed by atoms with Gasteiger partial charge in [-0.25, -0.2) is 9.69 Å². The van der Waals surface area contributed by atoms with E-state index >= 15 is 0 Å². The monoisotopic (exact) mass is 274 g/mol. The quantitative estimate of drug-likeness (QED) is 0.624. The van der Waals surface area contributed by atoms with Crippen LogP contribution in [0, 0.1) is 11.8 Å². The highest BCUT2D eigenvalue weighted by atomic mass is 16.4. The molecule has 3 N–H and O–H groups in total. The van der Waals surface area contributed by atoms with Crippen LogP contribution >= 0.6 is 0 Å². The highest BCUT2D eigenvalue weighted by Gasteiger charge is 2.46. The van der Waals surface area contributed by atoms with Gasteiger partial charge in [-0.05, 0) is 37.5 Å². The number of carbonyl (C=O) groups is 3. The van der Waals surface area contributed by atoms with Crippen molar-refractivity contribution in [1.82, 2.24) is 0 Å². The average molecular weight is 274 g/mol. The van der Waals surface area contributed by atoms with Gasteiger partial charge >= 0.3 is 5.97 Å². The summed E-state index contributed by atoms with van der Waals surface area (Å²) in [5.74, 6) is -2.16. The zero-order valence-corrected chi connectivity index (χ0v) is 10.7. The van der Waals surface area contributed by atoms with Crippen molar-refractivity contribution in [2.24, 2.45) is 11.8 Å². The Morgan fingerprint density at radius 2 is 1.80 bits per heavy atom. The van der Waals surface area contributed by atoms with Crippen LogP contribution in [-0.2, 0) is 9.59 Å². The fourth-order valence-corrected chi connectivity index (χ4v) is 3.06. The summed E-state index contributed by atoms with van der Waals surface area (Å²) >= 11 is 0. The summed E-state index contributed by atoms with van der Waals surface area (Å²) in [5, 5.41) is 9.22. The molecule has 6 heteroatoms. The molecule has 2 bridgehead atoms. The molecule has 2 aliphatic rings. The third-order valence-corrected chi connectivity index (χ3v) is 4.06. The van der Waals surface area contributed by atoms with Gasteiger partial charge in [0.05, 0.1) is 11.3 Å². The number of hydrogen-bond donors (Lipinski definition) is 2. The highest BCUT2D eigenvalue weighted by Crippen LogP contribution is 2.41. The normalized spacial score (nSPS) is 25.1. The number of carboxylic acids is 1. The summed E-state index contributed by atoms with van der Waals surface area (Å²) in [7, 11) is 0. The van der Waals surface area contributed by atoms with Gasteiger partial charge in [-0.2, -0.15) is 0 Å². The first-order valence-corrected chi connectivity index (χ1v) is 6.49. The molecule has 0 aromatic heterocycles. The van der Waals surface area contributed by atoms with Gasteiger partial charge in [-0.3, -0.25) is 9.59 Å². The smallest absolute Gasteiger partial charge is 0.337 e. The number of imide groups is 1. The Kier molecular flexibility index (Phi) is 2.74. The number of benzene rings is 1. The van der Waals surface area contributed by atoms with Gasteiger partial charge in [0, 0.05) is 17.5 Å². The second-order valence-electron chi connectivity index (χ2n) is 5.30. The summed E-state index contributed by atoms with van der Waals surface area (Å²) in [4.78, 5) is 37.0. The zero-order valence-electron chi connectivity index (χ0n) is 10.7. The van der Waals surface area contributed by atoms with Crippen LogP contribution in [0.2, 0.25) is 0 Å². The standard InChI is InChI=1S/C14H14N2O4/c15-9-3-4-10(14(19)20)11(6-9)16-12(17)7-1-2-8(5-7)13(16)18/h3-4,6-8H,1-2,5,15H2,(H,19,20). The lowest BCUT2D eigenvalue weighted by Crippen LogP contribution is -2.47. The van der Waals surface area contributed by atoms with E-state index in [1.54, 1.807) is 0 Å². The van der Waals surface area contributed by atoms with E-state index in [4.69, 9.17) is 5.73 Å². The van der Waals surface area contributed by atoms with Crippen molar-refractivity contribution in [3.8, 4) is 0 Å². The highest BCUT2D eigenvalue weighted by molar-refractivity contribution is 6.20. The average Bonchev–Trinajstić information content (AvgIpc) is 2.83. The predicted octanol–water partition coefficient (Wildman–Crippen LogP) is 1.26. The third kappa shape index (κ3) is 1.76. The molecule has 2 amide bonds. The van der Waals surface area contributed by atoms with Crippen molar-refractivity contribution in [3.05, 3.63) is 23.8 Å². The molecule has 6 nitrogen and oxygen atoms in total. The molecule has 3 rings (SSSR count). The number of fused-ring (bicyclic) bond motifs is 2. The number of amides is 2. The Balaban J connectivity index is 2.12. The van der Waals surface area contributed by atoms with Gasteiger partial charge in [-0.15, -0.1) is 0 Å². The van der Waals surface area contributed by atoms with Crippen molar-refractivity contribution in [2.75, 3.05) is 10.6 Å². The zero-order chi connectivity index (χ0) is 14.4. The number of nitrogens with two attached hydrogens (primary N) is 1. The number of rotatable bonds is 2. The van der Waals surface area contributed by atoms with Crippen LogP contribution < -0.4 is 10.6 Å². The van der Waals surface area contributed by atoms with Crippen molar-refractivity contribution < 1.29 is 19.5 Å². The summed E-state index contributed by atoms with van der Waals surface area (Å²) in [5.41, 5.74) is 6.00. The van der Waals surface area contributed by atoms with Gasteiger partial charge in [0.25, 0.3) is 0 Å². The molecule has 2 unspecified atom stereocenters. The van der Waals surface area contributed by atoms with Crippen LogP contribution in [-0.4, -0.2) is 22.9 Å². The molecule has 1 saturated carbocycles. The van der Waals surface area contributed by atoms with Crippen LogP contribution in [0.4, 0.5) is 11.4 Å². The van der Waals surface area contributed by atoms with Crippen LogP contribution in [0.3, 0.4) is 0 Å². The van der Waals surface area contributed by atoms with Crippen LogP contribution in [0.5, 0.6) is 0 Å². The number of hydrogen-bond acceptors (Lipinski definition) is 4. The van der Waals surface area contributed by atoms with E-state index in [1.807, 2.05) is 0 Å². The van der Waals surface area contributed by atoms with Crippen molar-refractivity contribution in [2.45, 2.75) is 19.3 Å². The summed E-state index contributed by atoms with van der Waals surface area (Å²) in [6.45, 7) is 0. The lowest BCUT2D eigenvalue weighted by molar-refractivity contribution is -0.132. The number of piperidine rings is 1. The van der Waals surface area contributed by atoms with Crippen LogP contribution in [0.15, 0.2) is 18.2 Å². The van der Waals surface area contributed by atoms with Gasteiger partial charge in [0.2, 0.25) is 11.8 Å². The third-order valence-electron chi connectivity index (χ3n) is 4.06. The minimum absolute atomic E-state index is 0.0813. The van der Waals surface area contributed by atoms with E-state index in [1.165, 1.54) is 18.2 Å². The van der Waals surface area contributed by atoms with E-state index < -0.39 is 5.97 Å². The maximum Gasteiger partial charge on any atom is 0.337 e.